The van der Waals surface area contributed by atoms with Crippen molar-refractivity contribution in [2.24, 2.45) is 0 Å². The van der Waals surface area contributed by atoms with Crippen molar-refractivity contribution in [1.82, 2.24) is 30.3 Å². The molecule has 0 saturated carbocycles. The molecule has 0 spiro atoms. The second-order valence-corrected chi connectivity index (χ2v) is 6.00. The number of anilines is 1. The Kier molecular flexibility index (Phi) is 4.82. The number of carbonyl (C=O) groups excluding carboxylic acids is 1. The maximum atomic E-state index is 12.2. The van der Waals surface area contributed by atoms with Crippen LogP contribution in [-0.4, -0.2) is 36.3 Å². The summed E-state index contributed by atoms with van der Waals surface area (Å²) in [5, 5.41) is 17.9. The lowest BCUT2D eigenvalue weighted by Crippen LogP contribution is -2.13. The molecule has 9 heteroatoms. The van der Waals surface area contributed by atoms with E-state index in [-0.39, 0.29) is 18.2 Å². The lowest BCUT2D eigenvalue weighted by molar-refractivity contribution is -0.116. The third-order valence-corrected chi connectivity index (χ3v) is 3.65. The van der Waals surface area contributed by atoms with Crippen LogP contribution in [0.15, 0.2) is 29.0 Å². The topological polar surface area (TPSA) is 112 Å². The maximum Gasteiger partial charge on any atom is 0.227 e. The summed E-state index contributed by atoms with van der Waals surface area (Å²) >= 11 is 0. The van der Waals surface area contributed by atoms with Gasteiger partial charge in [-0.1, -0.05) is 25.1 Å². The van der Waals surface area contributed by atoms with E-state index in [1.165, 1.54) is 6.33 Å². The number of amides is 1. The lowest BCUT2D eigenvalue weighted by Gasteiger charge is -2.09. The van der Waals surface area contributed by atoms with Crippen LogP contribution in [0.2, 0.25) is 0 Å². The number of hydrogen-bond acceptors (Lipinski definition) is 7. The van der Waals surface area contributed by atoms with Crippen molar-refractivity contribution in [3.63, 3.8) is 0 Å². The second kappa shape index (κ2) is 7.20. The van der Waals surface area contributed by atoms with Crippen LogP contribution >= 0.6 is 0 Å². The molecule has 2 heterocycles. The highest BCUT2D eigenvalue weighted by atomic mass is 16.5. The quantitative estimate of drug-likeness (QED) is 0.730. The number of nitrogens with one attached hydrogen (secondary N) is 1. The Balaban J connectivity index is 1.62. The van der Waals surface area contributed by atoms with Crippen LogP contribution in [0.4, 0.5) is 5.69 Å². The number of tetrazole rings is 1. The molecule has 3 aromatic rings. The summed E-state index contributed by atoms with van der Waals surface area (Å²) in [5.74, 6) is 1.19. The zero-order valence-corrected chi connectivity index (χ0v) is 14.3. The molecule has 3 rings (SSSR count). The third-order valence-electron chi connectivity index (χ3n) is 3.65. The van der Waals surface area contributed by atoms with E-state index in [0.717, 1.165) is 11.3 Å². The zero-order valence-electron chi connectivity index (χ0n) is 14.3. The molecular formula is C16H19N7O2. The first-order chi connectivity index (χ1) is 12.0. The number of rotatable bonds is 6. The lowest BCUT2D eigenvalue weighted by atomic mass is 10.1. The van der Waals surface area contributed by atoms with Gasteiger partial charge in [0.05, 0.1) is 5.69 Å². The van der Waals surface area contributed by atoms with E-state index in [0.29, 0.717) is 23.8 Å². The maximum absolute atomic E-state index is 12.2. The van der Waals surface area contributed by atoms with E-state index in [9.17, 15) is 4.79 Å². The van der Waals surface area contributed by atoms with Gasteiger partial charge in [-0.05, 0) is 35.0 Å². The van der Waals surface area contributed by atoms with E-state index < -0.39 is 0 Å². The highest BCUT2D eigenvalue weighted by Crippen LogP contribution is 2.18. The molecule has 0 aliphatic rings. The summed E-state index contributed by atoms with van der Waals surface area (Å²) in [6, 6.07) is 5.57. The molecule has 1 amide bonds. The van der Waals surface area contributed by atoms with Crippen molar-refractivity contribution in [2.75, 3.05) is 5.32 Å². The van der Waals surface area contributed by atoms with Gasteiger partial charge in [0.1, 0.15) is 6.33 Å². The van der Waals surface area contributed by atoms with E-state index in [1.54, 1.807) is 4.68 Å². The van der Waals surface area contributed by atoms with E-state index in [4.69, 9.17) is 4.52 Å². The largest absolute Gasteiger partial charge is 0.339 e. The summed E-state index contributed by atoms with van der Waals surface area (Å²) in [7, 11) is 0. The Labute approximate surface area is 144 Å². The minimum absolute atomic E-state index is 0.129. The van der Waals surface area contributed by atoms with E-state index in [1.807, 2.05) is 39.0 Å². The smallest absolute Gasteiger partial charge is 0.227 e. The third kappa shape index (κ3) is 4.06. The van der Waals surface area contributed by atoms with Crippen LogP contribution in [-0.2, 0) is 11.2 Å². The molecule has 0 fully saturated rings. The van der Waals surface area contributed by atoms with Crippen LogP contribution in [0, 0.1) is 6.92 Å². The van der Waals surface area contributed by atoms with Gasteiger partial charge < -0.3 is 9.84 Å². The number of hydrogen-bond donors (Lipinski definition) is 1. The molecule has 0 unspecified atom stereocenters. The fourth-order valence-corrected chi connectivity index (χ4v) is 2.25. The number of aromatic nitrogens is 6. The molecule has 130 valence electrons. The molecule has 0 bridgehead atoms. The van der Waals surface area contributed by atoms with Crippen molar-refractivity contribution in [3.05, 3.63) is 41.8 Å². The fraction of sp³-hybridized carbons (Fsp3) is 0.375. The Morgan fingerprint density at radius 3 is 2.88 bits per heavy atom. The Bertz CT molecular complexity index is 855. The van der Waals surface area contributed by atoms with E-state index >= 15 is 0 Å². The average molecular weight is 341 g/mol. The number of carbonyl (C=O) groups is 1. The molecule has 1 N–H and O–H groups in total. The predicted octanol–water partition coefficient (Wildman–Crippen LogP) is 2.05. The Hall–Kier alpha value is -3.10. The monoisotopic (exact) mass is 341 g/mol. The van der Waals surface area contributed by atoms with E-state index in [2.05, 4.69) is 31.0 Å². The fourth-order valence-electron chi connectivity index (χ4n) is 2.25. The van der Waals surface area contributed by atoms with Crippen molar-refractivity contribution in [1.29, 1.82) is 0 Å². The van der Waals surface area contributed by atoms with Crippen molar-refractivity contribution in [2.45, 2.75) is 39.5 Å². The highest BCUT2D eigenvalue weighted by Gasteiger charge is 2.12. The van der Waals surface area contributed by atoms with Crippen LogP contribution in [0.3, 0.4) is 0 Å². The van der Waals surface area contributed by atoms with Gasteiger partial charge in [-0.15, -0.1) is 5.10 Å². The highest BCUT2D eigenvalue weighted by molar-refractivity contribution is 5.91. The SMILES string of the molecule is Cc1ccc(NC(=O)CCc2nc(C(C)C)no2)cc1-n1cnnn1. The van der Waals surface area contributed by atoms with Crippen LogP contribution in [0.1, 0.15) is 43.5 Å². The summed E-state index contributed by atoms with van der Waals surface area (Å²) in [6.45, 7) is 5.92. The molecule has 1 aromatic carbocycles. The number of aryl methyl sites for hydroxylation is 2. The predicted molar refractivity (Wildman–Crippen MR) is 89.2 cm³/mol. The van der Waals surface area contributed by atoms with Crippen LogP contribution < -0.4 is 5.32 Å². The Morgan fingerprint density at radius 1 is 1.36 bits per heavy atom. The summed E-state index contributed by atoms with van der Waals surface area (Å²) in [5.41, 5.74) is 2.48. The van der Waals surface area contributed by atoms with Crippen molar-refractivity contribution < 1.29 is 9.32 Å². The van der Waals surface area contributed by atoms with Gasteiger partial charge in [0.15, 0.2) is 5.82 Å². The minimum atomic E-state index is -0.129. The number of nitrogens with zero attached hydrogens (tertiary/aromatic N) is 6. The van der Waals surface area contributed by atoms with Gasteiger partial charge in [-0.2, -0.15) is 4.98 Å². The number of benzene rings is 1. The standard InChI is InChI=1S/C16H19N7O2/c1-10(2)16-19-15(25-20-16)7-6-14(24)18-12-5-4-11(3)13(8-12)23-9-17-21-22-23/h4-5,8-10H,6-7H2,1-3H3,(H,18,24). The van der Waals surface area contributed by atoms with Crippen LogP contribution in [0.25, 0.3) is 5.69 Å². The molecule has 0 aliphatic heterocycles. The average Bonchev–Trinajstić information content (AvgIpc) is 3.26. The van der Waals surface area contributed by atoms with Gasteiger partial charge in [-0.25, -0.2) is 4.68 Å². The first kappa shape index (κ1) is 16.7. The van der Waals surface area contributed by atoms with Gasteiger partial charge in [0.25, 0.3) is 0 Å². The minimum Gasteiger partial charge on any atom is -0.339 e. The van der Waals surface area contributed by atoms with Gasteiger partial charge >= 0.3 is 0 Å². The molecule has 0 saturated heterocycles. The molecule has 0 aliphatic carbocycles. The first-order valence-electron chi connectivity index (χ1n) is 7.99. The normalized spacial score (nSPS) is 11.0. The van der Waals surface area contributed by atoms with Crippen molar-refractivity contribution in [3.8, 4) is 5.69 Å². The molecule has 25 heavy (non-hydrogen) atoms. The summed E-state index contributed by atoms with van der Waals surface area (Å²) in [6.07, 6.45) is 2.17. The first-order valence-corrected chi connectivity index (χ1v) is 7.99. The van der Waals surface area contributed by atoms with Gasteiger partial charge in [-0.3, -0.25) is 4.79 Å². The summed E-state index contributed by atoms with van der Waals surface area (Å²) < 4.78 is 6.70. The molecule has 0 atom stereocenters. The molecule has 9 nitrogen and oxygen atoms in total. The van der Waals surface area contributed by atoms with Gasteiger partial charge in [0, 0.05) is 24.4 Å². The zero-order chi connectivity index (χ0) is 17.8. The Morgan fingerprint density at radius 2 is 2.20 bits per heavy atom. The van der Waals surface area contributed by atoms with Crippen molar-refractivity contribution >= 4 is 11.6 Å². The molecular weight excluding hydrogens is 322 g/mol. The molecule has 2 aromatic heterocycles. The molecule has 0 radical (unpaired) electrons. The second-order valence-electron chi connectivity index (χ2n) is 6.00. The summed E-state index contributed by atoms with van der Waals surface area (Å²) in [4.78, 5) is 16.4. The van der Waals surface area contributed by atoms with Crippen LogP contribution in [0.5, 0.6) is 0 Å². The van der Waals surface area contributed by atoms with Gasteiger partial charge in [0.2, 0.25) is 11.8 Å².